The summed E-state index contributed by atoms with van der Waals surface area (Å²) in [6.45, 7) is 5.79. The van der Waals surface area contributed by atoms with Gasteiger partial charge < -0.3 is 4.74 Å². The Morgan fingerprint density at radius 1 is 1.31 bits per heavy atom. The summed E-state index contributed by atoms with van der Waals surface area (Å²) in [5.74, 6) is 1.48. The van der Waals surface area contributed by atoms with Crippen molar-refractivity contribution in [3.05, 3.63) is 59.5 Å². The number of pyridine rings is 1. The molecular weight excluding hydrogens is 322 g/mol. The molecule has 0 bridgehead atoms. The standard InChI is InChI=1S/C23H27NO2/c1-3-6-16-9-10-18(24-14-16)11-12-20-19-8-5-4-7-17(19)13-21-22(20)15(2)26-23(21)25/h3,9-12,14-15,17,19-20H,1,4-8,13H2,2H3/b12-11+/t15-,17+,19-,20+/m1/s1. The molecular formula is C23H27NO2. The van der Waals surface area contributed by atoms with Gasteiger partial charge in [0.15, 0.2) is 0 Å². The molecule has 1 aromatic rings. The molecule has 1 fully saturated rings. The Morgan fingerprint density at radius 2 is 2.15 bits per heavy atom. The van der Waals surface area contributed by atoms with Crippen LogP contribution in [0.5, 0.6) is 0 Å². The van der Waals surface area contributed by atoms with E-state index in [9.17, 15) is 4.79 Å². The van der Waals surface area contributed by atoms with Crippen molar-refractivity contribution in [2.45, 2.75) is 51.6 Å². The van der Waals surface area contributed by atoms with E-state index in [1.54, 1.807) is 0 Å². The molecule has 4 rings (SSSR count). The van der Waals surface area contributed by atoms with Crippen molar-refractivity contribution in [2.24, 2.45) is 17.8 Å². The van der Waals surface area contributed by atoms with Crippen LogP contribution >= 0.6 is 0 Å². The Hall–Kier alpha value is -2.16. The third kappa shape index (κ3) is 3.15. The third-order valence-electron chi connectivity index (χ3n) is 6.27. The van der Waals surface area contributed by atoms with Crippen LogP contribution in [-0.4, -0.2) is 17.1 Å². The first-order valence-corrected chi connectivity index (χ1v) is 9.85. The van der Waals surface area contributed by atoms with E-state index in [0.29, 0.717) is 17.8 Å². The number of carbonyl (C=O) groups is 1. The first-order valence-electron chi connectivity index (χ1n) is 9.85. The molecule has 4 atom stereocenters. The molecule has 26 heavy (non-hydrogen) atoms. The van der Waals surface area contributed by atoms with E-state index in [1.165, 1.54) is 36.8 Å². The van der Waals surface area contributed by atoms with Gasteiger partial charge in [0, 0.05) is 17.7 Å². The summed E-state index contributed by atoms with van der Waals surface area (Å²) in [7, 11) is 0. The second-order valence-corrected chi connectivity index (χ2v) is 7.86. The summed E-state index contributed by atoms with van der Waals surface area (Å²) in [6, 6.07) is 4.17. The zero-order chi connectivity index (χ0) is 18.1. The van der Waals surface area contributed by atoms with Gasteiger partial charge in [-0.2, -0.15) is 0 Å². The monoisotopic (exact) mass is 349 g/mol. The molecule has 3 heteroatoms. The predicted octanol–water partition coefficient (Wildman–Crippen LogP) is 4.89. The summed E-state index contributed by atoms with van der Waals surface area (Å²) < 4.78 is 5.57. The third-order valence-corrected chi connectivity index (χ3v) is 6.27. The van der Waals surface area contributed by atoms with Gasteiger partial charge in [-0.3, -0.25) is 4.98 Å². The minimum absolute atomic E-state index is 0.0816. The quantitative estimate of drug-likeness (QED) is 0.574. The molecule has 0 N–H and O–H groups in total. The molecule has 1 saturated carbocycles. The van der Waals surface area contributed by atoms with E-state index in [4.69, 9.17) is 4.74 Å². The lowest BCUT2D eigenvalue weighted by Crippen LogP contribution is -2.33. The number of ether oxygens (including phenoxy) is 1. The van der Waals surface area contributed by atoms with Gasteiger partial charge >= 0.3 is 5.97 Å². The smallest absolute Gasteiger partial charge is 0.334 e. The molecule has 0 radical (unpaired) electrons. The fraction of sp³-hybridized carbons (Fsp3) is 0.478. The maximum Gasteiger partial charge on any atom is 0.334 e. The van der Waals surface area contributed by atoms with Crippen LogP contribution in [0.4, 0.5) is 0 Å². The van der Waals surface area contributed by atoms with Crippen molar-refractivity contribution in [1.29, 1.82) is 0 Å². The molecule has 2 heterocycles. The molecule has 1 aliphatic heterocycles. The van der Waals surface area contributed by atoms with Crippen LogP contribution in [0.1, 0.15) is 50.3 Å². The predicted molar refractivity (Wildman–Crippen MR) is 103 cm³/mol. The lowest BCUT2D eigenvalue weighted by atomic mass is 9.63. The van der Waals surface area contributed by atoms with Crippen LogP contribution in [0.2, 0.25) is 0 Å². The first kappa shape index (κ1) is 17.3. The van der Waals surface area contributed by atoms with Crippen LogP contribution < -0.4 is 0 Å². The maximum atomic E-state index is 12.3. The Morgan fingerprint density at radius 3 is 2.92 bits per heavy atom. The Bertz CT molecular complexity index is 759. The zero-order valence-corrected chi connectivity index (χ0v) is 15.5. The number of hydrogen-bond donors (Lipinski definition) is 0. The summed E-state index contributed by atoms with van der Waals surface area (Å²) >= 11 is 0. The summed E-state index contributed by atoms with van der Waals surface area (Å²) in [4.78, 5) is 16.8. The van der Waals surface area contributed by atoms with Crippen LogP contribution in [0.3, 0.4) is 0 Å². The lowest BCUT2D eigenvalue weighted by Gasteiger charge is -2.40. The van der Waals surface area contributed by atoms with Gasteiger partial charge in [0.1, 0.15) is 6.10 Å². The average molecular weight is 349 g/mol. The fourth-order valence-corrected chi connectivity index (χ4v) is 5.06. The number of aromatic nitrogens is 1. The zero-order valence-electron chi connectivity index (χ0n) is 15.5. The van der Waals surface area contributed by atoms with Gasteiger partial charge in [0.2, 0.25) is 0 Å². The number of carbonyl (C=O) groups excluding carboxylic acids is 1. The Labute approximate surface area is 155 Å². The van der Waals surface area contributed by atoms with E-state index in [1.807, 2.05) is 19.2 Å². The maximum absolute atomic E-state index is 12.3. The Balaban J connectivity index is 1.63. The van der Waals surface area contributed by atoms with Crippen molar-refractivity contribution in [3.63, 3.8) is 0 Å². The van der Waals surface area contributed by atoms with E-state index < -0.39 is 0 Å². The number of rotatable bonds is 4. The molecule has 0 amide bonds. The Kier molecular flexibility index (Phi) is 4.80. The van der Waals surface area contributed by atoms with Gasteiger partial charge in [0.05, 0.1) is 5.69 Å². The fourth-order valence-electron chi connectivity index (χ4n) is 5.06. The lowest BCUT2D eigenvalue weighted by molar-refractivity contribution is -0.139. The first-order chi connectivity index (χ1) is 12.7. The molecule has 3 nitrogen and oxygen atoms in total. The normalized spacial score (nSPS) is 30.9. The largest absolute Gasteiger partial charge is 0.455 e. The van der Waals surface area contributed by atoms with Crippen molar-refractivity contribution in [1.82, 2.24) is 4.98 Å². The van der Waals surface area contributed by atoms with Gasteiger partial charge in [0.25, 0.3) is 0 Å². The van der Waals surface area contributed by atoms with Gasteiger partial charge in [-0.05, 0) is 67.7 Å². The number of hydrogen-bond acceptors (Lipinski definition) is 3. The summed E-state index contributed by atoms with van der Waals surface area (Å²) in [6.07, 6.45) is 15.0. The van der Waals surface area contributed by atoms with E-state index >= 15 is 0 Å². The number of nitrogens with zero attached hydrogens (tertiary/aromatic N) is 1. The topological polar surface area (TPSA) is 39.2 Å². The van der Waals surface area contributed by atoms with Crippen molar-refractivity contribution in [3.8, 4) is 0 Å². The number of cyclic esters (lactones) is 1. The molecule has 1 aromatic heterocycles. The van der Waals surface area contributed by atoms with Crippen LogP contribution in [0.25, 0.3) is 6.08 Å². The molecule has 0 aromatic carbocycles. The van der Waals surface area contributed by atoms with Gasteiger partial charge in [-0.15, -0.1) is 6.58 Å². The van der Waals surface area contributed by atoms with Crippen molar-refractivity contribution < 1.29 is 9.53 Å². The summed E-state index contributed by atoms with van der Waals surface area (Å²) in [5, 5.41) is 0. The van der Waals surface area contributed by atoms with Crippen LogP contribution in [0, 0.1) is 17.8 Å². The minimum atomic E-state index is -0.0852. The second kappa shape index (κ2) is 7.22. The molecule has 2 aliphatic carbocycles. The molecule has 0 spiro atoms. The molecule has 3 aliphatic rings. The van der Waals surface area contributed by atoms with Crippen LogP contribution in [0.15, 0.2) is 48.2 Å². The highest BCUT2D eigenvalue weighted by Crippen LogP contribution is 2.50. The second-order valence-electron chi connectivity index (χ2n) is 7.86. The van der Waals surface area contributed by atoms with E-state index in [2.05, 4.69) is 35.8 Å². The molecule has 0 unspecified atom stereocenters. The SMILES string of the molecule is C=CCc1ccc(/C=C/[C@@H]2C3=C(C[C@@H]4CCCC[C@H]42)C(=O)O[C@@H]3C)nc1. The highest BCUT2D eigenvalue weighted by atomic mass is 16.5. The van der Waals surface area contributed by atoms with E-state index in [-0.39, 0.29) is 12.1 Å². The van der Waals surface area contributed by atoms with Crippen molar-refractivity contribution >= 4 is 12.0 Å². The average Bonchev–Trinajstić information content (AvgIpc) is 2.94. The van der Waals surface area contributed by atoms with Gasteiger partial charge in [-0.25, -0.2) is 4.79 Å². The number of fused-ring (bicyclic) bond motifs is 1. The van der Waals surface area contributed by atoms with Crippen molar-refractivity contribution in [2.75, 3.05) is 0 Å². The van der Waals surface area contributed by atoms with Crippen LogP contribution in [-0.2, 0) is 16.0 Å². The van der Waals surface area contributed by atoms with E-state index in [0.717, 1.165) is 24.1 Å². The number of esters is 1. The highest BCUT2D eigenvalue weighted by Gasteiger charge is 2.45. The van der Waals surface area contributed by atoms with Gasteiger partial charge in [-0.1, -0.05) is 31.1 Å². The highest BCUT2D eigenvalue weighted by molar-refractivity contribution is 5.93. The molecule has 136 valence electrons. The number of allylic oxidation sites excluding steroid dienone is 2. The minimum Gasteiger partial charge on any atom is -0.455 e. The molecule has 0 saturated heterocycles. The summed E-state index contributed by atoms with van der Waals surface area (Å²) in [5.41, 5.74) is 4.34.